The second-order valence-corrected chi connectivity index (χ2v) is 11.4. The number of ether oxygens (including phenoxy) is 1. The van der Waals surface area contributed by atoms with Crippen molar-refractivity contribution in [3.63, 3.8) is 0 Å². The van der Waals surface area contributed by atoms with Gasteiger partial charge in [0.25, 0.3) is 0 Å². The van der Waals surface area contributed by atoms with Crippen LogP contribution in [0, 0.1) is 17.8 Å². The smallest absolute Gasteiger partial charge is 0.404 e. The monoisotopic (exact) mass is 563 g/mol. The van der Waals surface area contributed by atoms with Gasteiger partial charge in [0.05, 0.1) is 6.54 Å². The van der Waals surface area contributed by atoms with Gasteiger partial charge in [-0.15, -0.1) is 6.58 Å². The maximum absolute atomic E-state index is 13.9. The number of primary amides is 1. The molecule has 2 aliphatic carbocycles. The van der Waals surface area contributed by atoms with Crippen LogP contribution in [0.4, 0.5) is 4.79 Å². The minimum Gasteiger partial charge on any atom is -0.479 e. The number of nitrogens with zero attached hydrogens (tertiary/aromatic N) is 1. The number of nitrogens with two attached hydrogens (primary N) is 1. The number of amides is 5. The Balaban J connectivity index is 1.82. The average Bonchev–Trinajstić information content (AvgIpc) is 3.45. The zero-order valence-electron chi connectivity index (χ0n) is 23.3. The lowest BCUT2D eigenvalue weighted by Gasteiger charge is -2.34. The summed E-state index contributed by atoms with van der Waals surface area (Å²) >= 11 is 0. The van der Waals surface area contributed by atoms with Gasteiger partial charge >= 0.3 is 12.1 Å². The van der Waals surface area contributed by atoms with Gasteiger partial charge in [0.1, 0.15) is 29.8 Å². The normalized spacial score (nSPS) is 27.7. The Kier molecular flexibility index (Phi) is 9.80. The fourth-order valence-corrected chi connectivity index (χ4v) is 5.88. The van der Waals surface area contributed by atoms with Gasteiger partial charge in [-0.05, 0) is 31.1 Å². The lowest BCUT2D eigenvalue weighted by molar-refractivity contribution is -0.146. The molecule has 0 aromatic heterocycles. The summed E-state index contributed by atoms with van der Waals surface area (Å²) in [5.41, 5.74) is 3.65. The summed E-state index contributed by atoms with van der Waals surface area (Å²) in [6.07, 6.45) is 4.04. The number of carboxylic acids is 1. The fraction of sp³-hybridized carbons (Fsp3) is 0.704. The Hall–Kier alpha value is -3.64. The fourth-order valence-electron chi connectivity index (χ4n) is 5.88. The van der Waals surface area contributed by atoms with E-state index in [2.05, 4.69) is 22.5 Å². The number of carboxylic acid groups (broad SMARTS) is 1. The molecule has 3 rings (SSSR count). The molecule has 0 aromatic rings. The first-order chi connectivity index (χ1) is 18.8. The molecule has 0 spiro atoms. The van der Waals surface area contributed by atoms with Crippen molar-refractivity contribution in [3.05, 3.63) is 12.7 Å². The highest BCUT2D eigenvalue weighted by atomic mass is 16.6. The van der Waals surface area contributed by atoms with Crippen LogP contribution in [0.1, 0.15) is 65.7 Å². The highest BCUT2D eigenvalue weighted by Crippen LogP contribution is 2.45. The molecular weight excluding hydrogens is 522 g/mol. The third-order valence-corrected chi connectivity index (χ3v) is 8.15. The summed E-state index contributed by atoms with van der Waals surface area (Å²) in [7, 11) is 0. The van der Waals surface area contributed by atoms with Crippen molar-refractivity contribution in [2.45, 2.75) is 95.5 Å². The molecule has 6 N–H and O–H groups in total. The molecule has 222 valence electrons. The second-order valence-electron chi connectivity index (χ2n) is 11.4. The number of aliphatic carboxylic acids is 1. The average molecular weight is 564 g/mol. The molecule has 0 unspecified atom stereocenters. The molecule has 3 fully saturated rings. The van der Waals surface area contributed by atoms with E-state index >= 15 is 0 Å². The lowest BCUT2D eigenvalue weighted by atomic mass is 9.83. The van der Waals surface area contributed by atoms with Crippen LogP contribution in [0.3, 0.4) is 0 Å². The Bertz CT molecular complexity index is 1040. The van der Waals surface area contributed by atoms with Crippen molar-refractivity contribution in [2.24, 2.45) is 23.5 Å². The molecule has 13 heteroatoms. The summed E-state index contributed by atoms with van der Waals surface area (Å²) in [5, 5.41) is 17.8. The summed E-state index contributed by atoms with van der Waals surface area (Å²) in [6.45, 7) is 8.25. The van der Waals surface area contributed by atoms with Crippen LogP contribution in [0.2, 0.25) is 0 Å². The number of hydrogen-bond acceptors (Lipinski definition) is 7. The van der Waals surface area contributed by atoms with Gasteiger partial charge < -0.3 is 36.4 Å². The summed E-state index contributed by atoms with van der Waals surface area (Å²) in [4.78, 5) is 77.1. The quantitative estimate of drug-likeness (QED) is 0.223. The molecule has 1 saturated heterocycles. The molecule has 6 atom stereocenters. The van der Waals surface area contributed by atoms with Gasteiger partial charge in [-0.25, -0.2) is 9.59 Å². The molecule has 40 heavy (non-hydrogen) atoms. The summed E-state index contributed by atoms with van der Waals surface area (Å²) in [5.74, 6) is -4.31. The van der Waals surface area contributed by atoms with Gasteiger partial charge in [0, 0.05) is 19.3 Å². The van der Waals surface area contributed by atoms with Crippen molar-refractivity contribution in [3.8, 4) is 0 Å². The van der Waals surface area contributed by atoms with Crippen molar-refractivity contribution in [2.75, 3.05) is 6.54 Å². The van der Waals surface area contributed by atoms with Crippen molar-refractivity contribution in [1.29, 1.82) is 0 Å². The van der Waals surface area contributed by atoms with Crippen LogP contribution in [-0.2, 0) is 28.7 Å². The van der Waals surface area contributed by atoms with E-state index in [0.717, 1.165) is 32.1 Å². The molecule has 13 nitrogen and oxygen atoms in total. The first kappa shape index (κ1) is 30.9. The summed E-state index contributed by atoms with van der Waals surface area (Å²) in [6, 6.07) is -3.04. The van der Waals surface area contributed by atoms with E-state index in [1.54, 1.807) is 13.8 Å². The molecular formula is C27H41N5O8. The molecule has 0 aromatic carbocycles. The molecule has 1 heterocycles. The SMILES string of the molecule is C=C[C@@H]1C[C@]1(NC(=O)[C@@H]1C[C@@H](OC(N)=O)CN1C(=O)[C@@H](NC(=O)[C@@H](NC(C)=O)C1CCCCC1)C(C)C)C(=O)O. The van der Waals surface area contributed by atoms with Gasteiger partial charge in [0.2, 0.25) is 23.6 Å². The van der Waals surface area contributed by atoms with E-state index in [0.29, 0.717) is 0 Å². The largest absolute Gasteiger partial charge is 0.479 e. The minimum atomic E-state index is -1.52. The van der Waals surface area contributed by atoms with Crippen molar-refractivity contribution in [1.82, 2.24) is 20.9 Å². The lowest BCUT2D eigenvalue weighted by Crippen LogP contribution is -2.60. The number of hydrogen-bond donors (Lipinski definition) is 5. The zero-order valence-corrected chi connectivity index (χ0v) is 23.3. The number of carbonyl (C=O) groups is 6. The number of likely N-dealkylation sites (tertiary alicyclic amines) is 1. The maximum Gasteiger partial charge on any atom is 0.404 e. The zero-order chi connectivity index (χ0) is 29.8. The van der Waals surface area contributed by atoms with Crippen molar-refractivity contribution >= 4 is 35.7 Å². The molecule has 1 aliphatic heterocycles. The van der Waals surface area contributed by atoms with Gasteiger partial charge in [-0.3, -0.25) is 19.2 Å². The number of carbonyl (C=O) groups excluding carboxylic acids is 5. The van der Waals surface area contributed by atoms with E-state index in [9.17, 15) is 33.9 Å². The molecule has 0 radical (unpaired) electrons. The first-order valence-corrected chi connectivity index (χ1v) is 13.8. The van der Waals surface area contributed by atoms with Crippen LogP contribution in [0.25, 0.3) is 0 Å². The minimum absolute atomic E-state index is 0.0669. The Morgan fingerprint density at radius 2 is 1.75 bits per heavy atom. The van der Waals surface area contributed by atoms with E-state index in [-0.39, 0.29) is 31.2 Å². The van der Waals surface area contributed by atoms with E-state index in [1.165, 1.54) is 17.9 Å². The standard InChI is InChI=1S/C27H41N5O8/c1-5-17-12-27(17,25(37)38)31-22(34)19-11-18(40-26(28)39)13-32(19)24(36)20(14(2)3)30-23(35)21(29-15(4)33)16-9-7-6-8-10-16/h5,14,16-21H,1,6-13H2,2-4H3,(H2,28,39)(H,29,33)(H,30,35)(H,31,34)(H,37,38)/t17-,18-,19+,20+,21+,27-/m1/s1. The molecule has 3 aliphatic rings. The topological polar surface area (TPSA) is 197 Å². The predicted molar refractivity (Wildman–Crippen MR) is 142 cm³/mol. The number of nitrogens with one attached hydrogen (secondary N) is 3. The third kappa shape index (κ3) is 6.92. The van der Waals surface area contributed by atoms with Crippen LogP contribution in [0.5, 0.6) is 0 Å². The van der Waals surface area contributed by atoms with Crippen LogP contribution < -0.4 is 21.7 Å². The van der Waals surface area contributed by atoms with Gasteiger partial charge in [-0.2, -0.15) is 0 Å². The van der Waals surface area contributed by atoms with Crippen LogP contribution >= 0.6 is 0 Å². The Morgan fingerprint density at radius 1 is 1.10 bits per heavy atom. The highest BCUT2D eigenvalue weighted by Gasteiger charge is 2.61. The van der Waals surface area contributed by atoms with E-state index in [4.69, 9.17) is 10.5 Å². The predicted octanol–water partition coefficient (Wildman–Crippen LogP) is 0.423. The molecule has 5 amide bonds. The Morgan fingerprint density at radius 3 is 2.25 bits per heavy atom. The molecule has 2 saturated carbocycles. The Labute approximate surface area is 233 Å². The second kappa shape index (κ2) is 12.7. The first-order valence-electron chi connectivity index (χ1n) is 13.8. The van der Waals surface area contributed by atoms with Crippen molar-refractivity contribution < 1.29 is 38.6 Å². The van der Waals surface area contributed by atoms with Gasteiger partial charge in [0.15, 0.2) is 0 Å². The number of rotatable bonds is 11. The third-order valence-electron chi connectivity index (χ3n) is 8.15. The maximum atomic E-state index is 13.9. The van der Waals surface area contributed by atoms with E-state index < -0.39 is 71.4 Å². The molecule has 0 bridgehead atoms. The van der Waals surface area contributed by atoms with Crippen LogP contribution in [0.15, 0.2) is 12.7 Å². The van der Waals surface area contributed by atoms with Crippen LogP contribution in [-0.4, -0.2) is 82.0 Å². The van der Waals surface area contributed by atoms with E-state index in [1.807, 2.05) is 0 Å². The summed E-state index contributed by atoms with van der Waals surface area (Å²) < 4.78 is 5.09. The van der Waals surface area contributed by atoms with Gasteiger partial charge in [-0.1, -0.05) is 39.2 Å². The highest BCUT2D eigenvalue weighted by molar-refractivity contribution is 5.97.